The minimum Gasteiger partial charge on any atom is -0.493 e. The molecule has 0 heterocycles. The van der Waals surface area contributed by atoms with Crippen molar-refractivity contribution in [1.82, 2.24) is 5.43 Å². The Labute approximate surface area is 160 Å². The number of amides is 1. The molecular weight excluding hydrogens is 344 g/mol. The monoisotopic (exact) mass is 370 g/mol. The lowest BCUT2D eigenvalue weighted by atomic mass is 10.2. The highest BCUT2D eigenvalue weighted by Gasteiger charge is 2.05. The van der Waals surface area contributed by atoms with Gasteiger partial charge < -0.3 is 14.2 Å². The van der Waals surface area contributed by atoms with E-state index < -0.39 is 0 Å². The quantitative estimate of drug-likeness (QED) is 0.513. The van der Waals surface area contributed by atoms with Gasteiger partial charge in [-0.1, -0.05) is 26.0 Å². The van der Waals surface area contributed by atoms with Gasteiger partial charge in [-0.25, -0.2) is 5.43 Å². The Morgan fingerprint density at radius 1 is 1.11 bits per heavy atom. The number of benzene rings is 2. The molecule has 0 aromatic heterocycles. The van der Waals surface area contributed by atoms with Crippen molar-refractivity contribution < 1.29 is 19.0 Å². The van der Waals surface area contributed by atoms with E-state index in [1.165, 1.54) is 0 Å². The molecule has 0 aliphatic heterocycles. The average Bonchev–Trinajstić information content (AvgIpc) is 2.71. The van der Waals surface area contributed by atoms with E-state index in [-0.39, 0.29) is 12.5 Å². The molecule has 0 unspecified atom stereocenters. The van der Waals surface area contributed by atoms with Crippen LogP contribution in [-0.2, 0) is 11.2 Å². The zero-order valence-corrected chi connectivity index (χ0v) is 16.0. The van der Waals surface area contributed by atoms with Crippen molar-refractivity contribution >= 4 is 12.1 Å². The molecule has 0 spiro atoms. The molecule has 0 aliphatic carbocycles. The second kappa shape index (κ2) is 10.9. The maximum atomic E-state index is 11.9. The van der Waals surface area contributed by atoms with Crippen LogP contribution in [0, 0.1) is 0 Å². The lowest BCUT2D eigenvalue weighted by Crippen LogP contribution is -2.24. The molecule has 6 heteroatoms. The second-order valence-electron chi connectivity index (χ2n) is 5.84. The molecular formula is C21H26N2O4. The number of ether oxygens (including phenoxy) is 3. The fourth-order valence-electron chi connectivity index (χ4n) is 2.31. The van der Waals surface area contributed by atoms with Crippen molar-refractivity contribution in [3.05, 3.63) is 53.6 Å². The predicted molar refractivity (Wildman–Crippen MR) is 106 cm³/mol. The topological polar surface area (TPSA) is 69.2 Å². The minimum atomic E-state index is -0.331. The first kappa shape index (κ1) is 20.3. The molecule has 27 heavy (non-hydrogen) atoms. The van der Waals surface area contributed by atoms with Gasteiger partial charge in [-0.3, -0.25) is 4.79 Å². The second-order valence-corrected chi connectivity index (χ2v) is 5.84. The van der Waals surface area contributed by atoms with Crippen LogP contribution in [0.2, 0.25) is 0 Å². The lowest BCUT2D eigenvalue weighted by molar-refractivity contribution is -0.123. The van der Waals surface area contributed by atoms with Crippen LogP contribution in [0.15, 0.2) is 47.6 Å². The first-order valence-electron chi connectivity index (χ1n) is 9.00. The molecule has 0 saturated carbocycles. The Kier molecular flexibility index (Phi) is 8.16. The van der Waals surface area contributed by atoms with Crippen LogP contribution in [0.1, 0.15) is 31.4 Å². The van der Waals surface area contributed by atoms with Gasteiger partial charge >= 0.3 is 0 Å². The van der Waals surface area contributed by atoms with Crippen LogP contribution in [-0.4, -0.2) is 32.4 Å². The average molecular weight is 370 g/mol. The van der Waals surface area contributed by atoms with Gasteiger partial charge in [0.2, 0.25) is 0 Å². The summed E-state index contributed by atoms with van der Waals surface area (Å²) < 4.78 is 16.4. The SMILES string of the molecule is CCCOc1ccc(/C=N/NC(=O)COc2cccc(CC)c2)cc1OC. The van der Waals surface area contributed by atoms with Crippen LogP contribution in [0.3, 0.4) is 0 Å². The van der Waals surface area contributed by atoms with E-state index in [0.29, 0.717) is 23.9 Å². The number of carbonyl (C=O) groups is 1. The fourth-order valence-corrected chi connectivity index (χ4v) is 2.31. The predicted octanol–water partition coefficient (Wildman–Crippen LogP) is 3.58. The van der Waals surface area contributed by atoms with Crippen LogP contribution >= 0.6 is 0 Å². The largest absolute Gasteiger partial charge is 0.493 e. The van der Waals surface area contributed by atoms with E-state index in [9.17, 15) is 4.79 Å². The maximum absolute atomic E-state index is 11.9. The van der Waals surface area contributed by atoms with Crippen LogP contribution in [0.5, 0.6) is 17.2 Å². The summed E-state index contributed by atoms with van der Waals surface area (Å²) in [6.07, 6.45) is 3.38. The van der Waals surface area contributed by atoms with Gasteiger partial charge in [0, 0.05) is 0 Å². The van der Waals surface area contributed by atoms with Crippen LogP contribution < -0.4 is 19.6 Å². The lowest BCUT2D eigenvalue weighted by Gasteiger charge is -2.10. The summed E-state index contributed by atoms with van der Waals surface area (Å²) in [5.74, 6) is 1.64. The molecule has 144 valence electrons. The summed E-state index contributed by atoms with van der Waals surface area (Å²) in [5.41, 5.74) is 4.39. The molecule has 1 N–H and O–H groups in total. The van der Waals surface area contributed by atoms with Gasteiger partial charge in [0.05, 0.1) is 19.9 Å². The van der Waals surface area contributed by atoms with Gasteiger partial charge in [-0.2, -0.15) is 5.10 Å². The summed E-state index contributed by atoms with van der Waals surface area (Å²) in [4.78, 5) is 11.9. The molecule has 1 amide bonds. The summed E-state index contributed by atoms with van der Waals surface area (Å²) >= 11 is 0. The fraction of sp³-hybridized carbons (Fsp3) is 0.333. The number of hydrogen-bond acceptors (Lipinski definition) is 5. The van der Waals surface area contributed by atoms with Crippen molar-refractivity contribution in [2.24, 2.45) is 5.10 Å². The molecule has 0 fully saturated rings. The molecule has 0 radical (unpaired) electrons. The molecule has 2 aromatic carbocycles. The van der Waals surface area contributed by atoms with Crippen molar-refractivity contribution in [1.29, 1.82) is 0 Å². The van der Waals surface area contributed by atoms with Gasteiger partial charge in [-0.05, 0) is 54.3 Å². The number of nitrogens with one attached hydrogen (secondary N) is 1. The Bertz CT molecular complexity index is 775. The number of methoxy groups -OCH3 is 1. The minimum absolute atomic E-state index is 0.0996. The molecule has 0 atom stereocenters. The Hall–Kier alpha value is -3.02. The normalized spacial score (nSPS) is 10.6. The highest BCUT2D eigenvalue weighted by Crippen LogP contribution is 2.27. The van der Waals surface area contributed by atoms with Gasteiger partial charge in [0.15, 0.2) is 18.1 Å². The van der Waals surface area contributed by atoms with Gasteiger partial charge in [-0.15, -0.1) is 0 Å². The Balaban J connectivity index is 1.85. The number of hydrogen-bond donors (Lipinski definition) is 1. The summed E-state index contributed by atoms with van der Waals surface area (Å²) in [6, 6.07) is 13.1. The third-order valence-corrected chi connectivity index (χ3v) is 3.73. The van der Waals surface area contributed by atoms with Gasteiger partial charge in [0.25, 0.3) is 5.91 Å². The maximum Gasteiger partial charge on any atom is 0.277 e. The van der Waals surface area contributed by atoms with Crippen LogP contribution in [0.25, 0.3) is 0 Å². The summed E-state index contributed by atoms with van der Waals surface area (Å²) in [7, 11) is 1.59. The smallest absolute Gasteiger partial charge is 0.277 e. The molecule has 0 aliphatic rings. The highest BCUT2D eigenvalue weighted by molar-refractivity contribution is 5.83. The first-order chi connectivity index (χ1) is 13.2. The highest BCUT2D eigenvalue weighted by atomic mass is 16.5. The molecule has 0 bridgehead atoms. The zero-order chi connectivity index (χ0) is 19.5. The third kappa shape index (κ3) is 6.66. The van der Waals surface area contributed by atoms with E-state index >= 15 is 0 Å². The van der Waals surface area contributed by atoms with Crippen molar-refractivity contribution in [3.63, 3.8) is 0 Å². The Morgan fingerprint density at radius 3 is 2.70 bits per heavy atom. The number of rotatable bonds is 10. The van der Waals surface area contributed by atoms with Crippen molar-refractivity contribution in [3.8, 4) is 17.2 Å². The zero-order valence-electron chi connectivity index (χ0n) is 16.0. The summed E-state index contributed by atoms with van der Waals surface area (Å²) in [5, 5.41) is 3.95. The van der Waals surface area contributed by atoms with E-state index in [4.69, 9.17) is 14.2 Å². The first-order valence-corrected chi connectivity index (χ1v) is 9.00. The molecule has 2 rings (SSSR count). The van der Waals surface area contributed by atoms with E-state index in [0.717, 1.165) is 24.0 Å². The van der Waals surface area contributed by atoms with Crippen LogP contribution in [0.4, 0.5) is 0 Å². The molecule has 6 nitrogen and oxygen atoms in total. The number of carbonyl (C=O) groups excluding carboxylic acids is 1. The number of nitrogens with zero attached hydrogens (tertiary/aromatic N) is 1. The molecule has 0 saturated heterocycles. The summed E-state index contributed by atoms with van der Waals surface area (Å²) in [6.45, 7) is 4.64. The molecule has 2 aromatic rings. The van der Waals surface area contributed by atoms with E-state index in [2.05, 4.69) is 17.5 Å². The Morgan fingerprint density at radius 2 is 1.96 bits per heavy atom. The third-order valence-electron chi connectivity index (χ3n) is 3.73. The van der Waals surface area contributed by atoms with Crippen molar-refractivity contribution in [2.75, 3.05) is 20.3 Å². The van der Waals surface area contributed by atoms with Gasteiger partial charge in [0.1, 0.15) is 5.75 Å². The standard InChI is InChI=1S/C21H26N2O4/c1-4-11-26-19-10-9-17(13-20(19)25-3)14-22-23-21(24)15-27-18-8-6-7-16(5-2)12-18/h6-10,12-14H,4-5,11,15H2,1-3H3,(H,23,24)/b22-14+. The van der Waals surface area contributed by atoms with Crippen molar-refractivity contribution in [2.45, 2.75) is 26.7 Å². The van der Waals surface area contributed by atoms with E-state index in [1.807, 2.05) is 43.3 Å². The van der Waals surface area contributed by atoms with E-state index in [1.54, 1.807) is 19.4 Å². The number of aryl methyl sites for hydroxylation is 1. The number of hydrazone groups is 1.